The van der Waals surface area contributed by atoms with Gasteiger partial charge in [0.2, 0.25) is 0 Å². The van der Waals surface area contributed by atoms with Crippen LogP contribution in [0.5, 0.6) is 0 Å². The molecule has 0 amide bonds. The van der Waals surface area contributed by atoms with Crippen molar-refractivity contribution in [2.75, 3.05) is 20.3 Å². The molecule has 10 heavy (non-hydrogen) atoms. The van der Waals surface area contributed by atoms with Gasteiger partial charge in [-0.2, -0.15) is 0 Å². The molecule has 1 atom stereocenters. The standard InChI is InChI=1S/C6H13NO3/c1-6(9,4-10-2)5(8)3-7/h9H,3-4,7H2,1-2H3. The predicted molar refractivity (Wildman–Crippen MR) is 36.6 cm³/mol. The van der Waals surface area contributed by atoms with Gasteiger partial charge >= 0.3 is 0 Å². The summed E-state index contributed by atoms with van der Waals surface area (Å²) >= 11 is 0. The van der Waals surface area contributed by atoms with E-state index in [0.717, 1.165) is 0 Å². The van der Waals surface area contributed by atoms with Crippen LogP contribution in [0.25, 0.3) is 0 Å². The number of aliphatic hydroxyl groups is 1. The van der Waals surface area contributed by atoms with Crippen molar-refractivity contribution in [3.8, 4) is 0 Å². The van der Waals surface area contributed by atoms with Gasteiger partial charge in [-0.05, 0) is 6.92 Å². The zero-order chi connectivity index (χ0) is 8.20. The molecular formula is C6H13NO3. The summed E-state index contributed by atoms with van der Waals surface area (Å²) in [5, 5.41) is 9.23. The molecule has 0 aromatic rings. The number of nitrogens with two attached hydrogens (primary N) is 1. The lowest BCUT2D eigenvalue weighted by Crippen LogP contribution is -2.43. The van der Waals surface area contributed by atoms with Gasteiger partial charge in [-0.25, -0.2) is 0 Å². The van der Waals surface area contributed by atoms with Gasteiger partial charge in [-0.15, -0.1) is 0 Å². The molecule has 0 aliphatic heterocycles. The fourth-order valence-electron chi connectivity index (χ4n) is 0.581. The van der Waals surface area contributed by atoms with Crippen molar-refractivity contribution in [2.45, 2.75) is 12.5 Å². The fraction of sp³-hybridized carbons (Fsp3) is 0.833. The monoisotopic (exact) mass is 147 g/mol. The Morgan fingerprint density at radius 3 is 2.60 bits per heavy atom. The number of hydrogen-bond acceptors (Lipinski definition) is 4. The van der Waals surface area contributed by atoms with Crippen LogP contribution in [0.2, 0.25) is 0 Å². The molecular weight excluding hydrogens is 134 g/mol. The van der Waals surface area contributed by atoms with E-state index in [2.05, 4.69) is 4.74 Å². The first-order valence-electron chi connectivity index (χ1n) is 2.99. The van der Waals surface area contributed by atoms with Gasteiger partial charge in [0.05, 0.1) is 13.2 Å². The van der Waals surface area contributed by atoms with Crippen molar-refractivity contribution in [3.05, 3.63) is 0 Å². The molecule has 0 fully saturated rings. The zero-order valence-corrected chi connectivity index (χ0v) is 6.26. The van der Waals surface area contributed by atoms with Crippen LogP contribution in [0.15, 0.2) is 0 Å². The summed E-state index contributed by atoms with van der Waals surface area (Å²) in [5.41, 5.74) is 3.60. The molecule has 0 radical (unpaired) electrons. The Hall–Kier alpha value is -0.450. The molecule has 0 heterocycles. The lowest BCUT2D eigenvalue weighted by molar-refractivity contribution is -0.139. The first-order chi connectivity index (χ1) is 4.54. The molecule has 0 saturated carbocycles. The maximum Gasteiger partial charge on any atom is 0.179 e. The first-order valence-corrected chi connectivity index (χ1v) is 2.99. The Kier molecular flexibility index (Phi) is 3.49. The van der Waals surface area contributed by atoms with Crippen molar-refractivity contribution < 1.29 is 14.6 Å². The quantitative estimate of drug-likeness (QED) is 0.530. The van der Waals surface area contributed by atoms with Crippen molar-refractivity contribution >= 4 is 5.78 Å². The van der Waals surface area contributed by atoms with E-state index in [9.17, 15) is 9.90 Å². The minimum Gasteiger partial charge on any atom is -0.381 e. The van der Waals surface area contributed by atoms with E-state index in [4.69, 9.17) is 5.73 Å². The molecule has 0 aromatic carbocycles. The maximum absolute atomic E-state index is 10.8. The predicted octanol–water partition coefficient (Wildman–Crippen LogP) is -1.09. The van der Waals surface area contributed by atoms with Crippen LogP contribution in [0.4, 0.5) is 0 Å². The summed E-state index contributed by atoms with van der Waals surface area (Å²) < 4.78 is 4.60. The molecule has 4 heteroatoms. The summed E-state index contributed by atoms with van der Waals surface area (Å²) in [6, 6.07) is 0. The third kappa shape index (κ3) is 2.43. The summed E-state index contributed by atoms with van der Waals surface area (Å²) in [6.07, 6.45) is 0. The Bertz CT molecular complexity index is 122. The van der Waals surface area contributed by atoms with Crippen LogP contribution < -0.4 is 5.73 Å². The largest absolute Gasteiger partial charge is 0.381 e. The normalized spacial score (nSPS) is 16.4. The SMILES string of the molecule is COCC(C)(O)C(=O)CN. The molecule has 0 aliphatic carbocycles. The summed E-state index contributed by atoms with van der Waals surface area (Å²) in [7, 11) is 1.41. The van der Waals surface area contributed by atoms with E-state index in [0.29, 0.717) is 0 Å². The van der Waals surface area contributed by atoms with Crippen LogP contribution in [0.3, 0.4) is 0 Å². The highest BCUT2D eigenvalue weighted by molar-refractivity contribution is 5.88. The molecule has 0 rings (SSSR count). The van der Waals surface area contributed by atoms with Gasteiger partial charge in [0.25, 0.3) is 0 Å². The number of methoxy groups -OCH3 is 1. The van der Waals surface area contributed by atoms with Gasteiger partial charge in [-0.3, -0.25) is 4.79 Å². The lowest BCUT2D eigenvalue weighted by Gasteiger charge is -2.18. The highest BCUT2D eigenvalue weighted by atomic mass is 16.5. The second-order valence-electron chi connectivity index (χ2n) is 2.33. The van der Waals surface area contributed by atoms with Gasteiger partial charge < -0.3 is 15.6 Å². The highest BCUT2D eigenvalue weighted by Gasteiger charge is 2.28. The molecule has 0 spiro atoms. The smallest absolute Gasteiger partial charge is 0.179 e. The van der Waals surface area contributed by atoms with E-state index in [-0.39, 0.29) is 13.2 Å². The Morgan fingerprint density at radius 2 is 2.30 bits per heavy atom. The number of ketones is 1. The minimum atomic E-state index is -1.43. The van der Waals surface area contributed by atoms with E-state index in [1.165, 1.54) is 14.0 Å². The number of carbonyl (C=O) groups is 1. The van der Waals surface area contributed by atoms with E-state index < -0.39 is 11.4 Å². The first kappa shape index (κ1) is 9.55. The van der Waals surface area contributed by atoms with Crippen LogP contribution in [-0.4, -0.2) is 36.8 Å². The van der Waals surface area contributed by atoms with Crippen molar-refractivity contribution in [2.24, 2.45) is 5.73 Å². The zero-order valence-electron chi connectivity index (χ0n) is 6.26. The van der Waals surface area contributed by atoms with Crippen molar-refractivity contribution in [1.82, 2.24) is 0 Å². The molecule has 0 saturated heterocycles. The molecule has 1 unspecified atom stereocenters. The summed E-state index contributed by atoms with van der Waals surface area (Å²) in [4.78, 5) is 10.8. The number of Topliss-reactive ketones (excluding diaryl/α,β-unsaturated/α-hetero) is 1. The van der Waals surface area contributed by atoms with Gasteiger partial charge in [-0.1, -0.05) is 0 Å². The van der Waals surface area contributed by atoms with Gasteiger partial charge in [0, 0.05) is 7.11 Å². The molecule has 0 aliphatic rings. The van der Waals surface area contributed by atoms with E-state index in [1.807, 2.05) is 0 Å². The maximum atomic E-state index is 10.8. The number of rotatable bonds is 4. The van der Waals surface area contributed by atoms with E-state index in [1.54, 1.807) is 0 Å². The molecule has 4 nitrogen and oxygen atoms in total. The Balaban J connectivity index is 3.96. The van der Waals surface area contributed by atoms with Crippen LogP contribution in [-0.2, 0) is 9.53 Å². The van der Waals surface area contributed by atoms with Crippen LogP contribution >= 0.6 is 0 Å². The van der Waals surface area contributed by atoms with Crippen LogP contribution in [0.1, 0.15) is 6.92 Å². The molecule has 3 N–H and O–H groups in total. The lowest BCUT2D eigenvalue weighted by atomic mass is 10.0. The molecule has 60 valence electrons. The molecule has 0 bridgehead atoms. The Morgan fingerprint density at radius 1 is 1.80 bits per heavy atom. The van der Waals surface area contributed by atoms with Crippen molar-refractivity contribution in [1.29, 1.82) is 0 Å². The van der Waals surface area contributed by atoms with Gasteiger partial charge in [0.15, 0.2) is 5.78 Å². The summed E-state index contributed by atoms with van der Waals surface area (Å²) in [6.45, 7) is 1.21. The second kappa shape index (κ2) is 3.65. The second-order valence-corrected chi connectivity index (χ2v) is 2.33. The summed E-state index contributed by atoms with van der Waals surface area (Å²) in [5.74, 6) is -0.408. The van der Waals surface area contributed by atoms with E-state index >= 15 is 0 Å². The number of ether oxygens (including phenoxy) is 1. The number of hydrogen-bond donors (Lipinski definition) is 2. The average molecular weight is 147 g/mol. The minimum absolute atomic E-state index is 0.0109. The highest BCUT2D eigenvalue weighted by Crippen LogP contribution is 2.03. The third-order valence-corrected chi connectivity index (χ3v) is 1.21. The topological polar surface area (TPSA) is 72.5 Å². The fourth-order valence-corrected chi connectivity index (χ4v) is 0.581. The Labute approximate surface area is 60.0 Å². The third-order valence-electron chi connectivity index (χ3n) is 1.21. The number of carbonyl (C=O) groups excluding carboxylic acids is 1. The van der Waals surface area contributed by atoms with Crippen LogP contribution in [0, 0.1) is 0 Å². The average Bonchev–Trinajstić information content (AvgIpc) is 1.86. The van der Waals surface area contributed by atoms with Crippen molar-refractivity contribution in [3.63, 3.8) is 0 Å². The van der Waals surface area contributed by atoms with Gasteiger partial charge in [0.1, 0.15) is 5.60 Å². The molecule has 0 aromatic heterocycles.